The van der Waals surface area contributed by atoms with Crippen molar-refractivity contribution in [3.63, 3.8) is 0 Å². The van der Waals surface area contributed by atoms with Gasteiger partial charge in [-0.25, -0.2) is 0 Å². The van der Waals surface area contributed by atoms with Gasteiger partial charge in [0.25, 0.3) is 0 Å². The summed E-state index contributed by atoms with van der Waals surface area (Å²) < 4.78 is 5.54. The highest BCUT2D eigenvalue weighted by Gasteiger charge is 2.21. The van der Waals surface area contributed by atoms with Gasteiger partial charge in [0.1, 0.15) is 5.75 Å². The summed E-state index contributed by atoms with van der Waals surface area (Å²) in [4.78, 5) is 16.5. The second-order valence-electron chi connectivity index (χ2n) is 6.78. The normalized spacial score (nSPS) is 18.4. The number of hydrogen-bond acceptors (Lipinski definition) is 3. The Kier molecular flexibility index (Phi) is 4.67. The van der Waals surface area contributed by atoms with E-state index < -0.39 is 0 Å². The largest absolute Gasteiger partial charge is 0.493 e. The molecule has 1 aromatic carbocycles. The molecule has 0 aliphatic carbocycles. The molecule has 120 valence electrons. The predicted molar refractivity (Wildman–Crippen MR) is 87.0 cm³/mol. The average Bonchev–Trinajstić information content (AvgIpc) is 2.95. The van der Waals surface area contributed by atoms with Crippen molar-refractivity contribution in [1.29, 1.82) is 0 Å². The summed E-state index contributed by atoms with van der Waals surface area (Å²) in [7, 11) is 2.02. The van der Waals surface area contributed by atoms with Gasteiger partial charge in [0.15, 0.2) is 0 Å². The molecule has 0 radical (unpaired) electrons. The Bertz CT molecular complexity index is 536. The van der Waals surface area contributed by atoms with Crippen LogP contribution < -0.4 is 4.74 Å². The lowest BCUT2D eigenvalue weighted by Gasteiger charge is -2.31. The van der Waals surface area contributed by atoms with Gasteiger partial charge in [-0.2, -0.15) is 0 Å². The molecule has 2 aliphatic heterocycles. The summed E-state index contributed by atoms with van der Waals surface area (Å²) in [5, 5.41) is 0. The Morgan fingerprint density at radius 1 is 1.36 bits per heavy atom. The van der Waals surface area contributed by atoms with Crippen LogP contribution >= 0.6 is 0 Å². The zero-order chi connectivity index (χ0) is 15.5. The molecule has 2 heterocycles. The highest BCUT2D eigenvalue weighted by Crippen LogP contribution is 2.26. The molecule has 0 saturated carbocycles. The first-order chi connectivity index (χ1) is 10.6. The molecule has 0 unspecified atom stereocenters. The fourth-order valence-corrected chi connectivity index (χ4v) is 3.29. The van der Waals surface area contributed by atoms with E-state index in [4.69, 9.17) is 4.74 Å². The van der Waals surface area contributed by atoms with Crippen molar-refractivity contribution in [1.82, 2.24) is 9.80 Å². The second kappa shape index (κ2) is 6.69. The van der Waals surface area contributed by atoms with E-state index >= 15 is 0 Å². The average molecular weight is 302 g/mol. The minimum atomic E-state index is 0.263. The maximum Gasteiger partial charge on any atom is 0.236 e. The molecule has 4 heteroatoms. The molecule has 0 spiro atoms. The molecule has 2 aliphatic rings. The molecule has 3 rings (SSSR count). The molecule has 1 fully saturated rings. The SMILES string of the molecule is CC1CCN(C(=O)CN(C)Cc2ccc3c(c2)CCO3)CC1. The van der Waals surface area contributed by atoms with E-state index in [0.29, 0.717) is 6.54 Å². The second-order valence-corrected chi connectivity index (χ2v) is 6.78. The fraction of sp³-hybridized carbons (Fsp3) is 0.611. The number of ether oxygens (including phenoxy) is 1. The van der Waals surface area contributed by atoms with Crippen LogP contribution in [0.4, 0.5) is 0 Å². The minimum absolute atomic E-state index is 0.263. The summed E-state index contributed by atoms with van der Waals surface area (Å²) in [6.07, 6.45) is 3.28. The Balaban J connectivity index is 1.51. The van der Waals surface area contributed by atoms with Crippen LogP contribution in [0.15, 0.2) is 18.2 Å². The molecule has 0 atom stereocenters. The van der Waals surface area contributed by atoms with E-state index in [1.54, 1.807) is 0 Å². The Morgan fingerprint density at radius 2 is 2.14 bits per heavy atom. The van der Waals surface area contributed by atoms with Gasteiger partial charge in [-0.1, -0.05) is 19.1 Å². The van der Waals surface area contributed by atoms with Crippen LogP contribution in [0.5, 0.6) is 5.75 Å². The van der Waals surface area contributed by atoms with Crippen LogP contribution in [0, 0.1) is 5.92 Å². The summed E-state index contributed by atoms with van der Waals surface area (Å²) in [6.45, 7) is 6.21. The first-order valence-electron chi connectivity index (χ1n) is 8.33. The summed E-state index contributed by atoms with van der Waals surface area (Å²) >= 11 is 0. The summed E-state index contributed by atoms with van der Waals surface area (Å²) in [5.41, 5.74) is 2.55. The summed E-state index contributed by atoms with van der Waals surface area (Å²) in [6, 6.07) is 6.37. The number of rotatable bonds is 4. The number of piperidine rings is 1. The number of amides is 1. The molecule has 4 nitrogen and oxygen atoms in total. The Morgan fingerprint density at radius 3 is 2.91 bits per heavy atom. The van der Waals surface area contributed by atoms with Gasteiger partial charge < -0.3 is 9.64 Å². The first kappa shape index (κ1) is 15.3. The predicted octanol–water partition coefficient (Wildman–Crippen LogP) is 2.31. The minimum Gasteiger partial charge on any atom is -0.493 e. The maximum absolute atomic E-state index is 12.4. The molecule has 22 heavy (non-hydrogen) atoms. The molecular formula is C18H26N2O2. The van der Waals surface area contributed by atoms with Crippen LogP contribution in [0.3, 0.4) is 0 Å². The Hall–Kier alpha value is -1.55. The van der Waals surface area contributed by atoms with E-state index in [-0.39, 0.29) is 5.91 Å². The number of fused-ring (bicyclic) bond motifs is 1. The fourth-order valence-electron chi connectivity index (χ4n) is 3.29. The van der Waals surface area contributed by atoms with E-state index in [9.17, 15) is 4.79 Å². The number of benzene rings is 1. The summed E-state index contributed by atoms with van der Waals surface area (Å²) in [5.74, 6) is 2.04. The number of carbonyl (C=O) groups is 1. The van der Waals surface area contributed by atoms with Crippen molar-refractivity contribution in [3.8, 4) is 5.75 Å². The van der Waals surface area contributed by atoms with Crippen LogP contribution in [0.2, 0.25) is 0 Å². The van der Waals surface area contributed by atoms with Gasteiger partial charge in [-0.3, -0.25) is 9.69 Å². The van der Waals surface area contributed by atoms with Crippen molar-refractivity contribution in [2.45, 2.75) is 32.7 Å². The molecule has 1 aromatic rings. The van der Waals surface area contributed by atoms with Gasteiger partial charge in [-0.05, 0) is 43.0 Å². The standard InChI is InChI=1S/C18H26N2O2/c1-14-5-8-20(9-6-14)18(21)13-19(2)12-15-3-4-17-16(11-15)7-10-22-17/h3-4,11,14H,5-10,12-13H2,1-2H3. The van der Waals surface area contributed by atoms with E-state index in [2.05, 4.69) is 30.0 Å². The molecule has 0 bridgehead atoms. The smallest absolute Gasteiger partial charge is 0.236 e. The van der Waals surface area contributed by atoms with Crippen LogP contribution in [0.25, 0.3) is 0 Å². The van der Waals surface area contributed by atoms with Gasteiger partial charge in [0.05, 0.1) is 13.2 Å². The number of likely N-dealkylation sites (N-methyl/N-ethyl adjacent to an activating group) is 1. The molecule has 0 aromatic heterocycles. The van der Waals surface area contributed by atoms with Crippen LogP contribution in [0.1, 0.15) is 30.9 Å². The zero-order valence-electron chi connectivity index (χ0n) is 13.7. The van der Waals surface area contributed by atoms with Crippen LogP contribution in [-0.2, 0) is 17.8 Å². The molecule has 0 N–H and O–H groups in total. The lowest BCUT2D eigenvalue weighted by molar-refractivity contribution is -0.133. The van der Waals surface area contributed by atoms with Crippen LogP contribution in [-0.4, -0.2) is 49.0 Å². The van der Waals surface area contributed by atoms with Crippen molar-refractivity contribution in [2.24, 2.45) is 5.92 Å². The highest BCUT2D eigenvalue weighted by molar-refractivity contribution is 5.78. The number of hydrogen-bond donors (Lipinski definition) is 0. The first-order valence-corrected chi connectivity index (χ1v) is 8.33. The topological polar surface area (TPSA) is 32.8 Å². The van der Waals surface area contributed by atoms with Gasteiger partial charge >= 0.3 is 0 Å². The quantitative estimate of drug-likeness (QED) is 0.855. The van der Waals surface area contributed by atoms with Crippen molar-refractivity contribution in [2.75, 3.05) is 33.3 Å². The maximum atomic E-state index is 12.4. The molecule has 1 saturated heterocycles. The zero-order valence-corrected chi connectivity index (χ0v) is 13.7. The highest BCUT2D eigenvalue weighted by atomic mass is 16.5. The van der Waals surface area contributed by atoms with Gasteiger partial charge in [0, 0.05) is 26.1 Å². The van der Waals surface area contributed by atoms with Crippen molar-refractivity contribution >= 4 is 5.91 Å². The van der Waals surface area contributed by atoms with Crippen molar-refractivity contribution < 1.29 is 9.53 Å². The Labute approximate surface area is 133 Å². The number of likely N-dealkylation sites (tertiary alicyclic amines) is 1. The molecular weight excluding hydrogens is 276 g/mol. The number of nitrogens with zero attached hydrogens (tertiary/aromatic N) is 2. The third kappa shape index (κ3) is 3.61. The third-order valence-corrected chi connectivity index (χ3v) is 4.75. The third-order valence-electron chi connectivity index (χ3n) is 4.75. The lowest BCUT2D eigenvalue weighted by atomic mass is 9.99. The van der Waals surface area contributed by atoms with Gasteiger partial charge in [-0.15, -0.1) is 0 Å². The molecule has 1 amide bonds. The van der Waals surface area contributed by atoms with E-state index in [1.807, 2.05) is 11.9 Å². The number of carbonyl (C=O) groups excluding carboxylic acids is 1. The van der Waals surface area contributed by atoms with E-state index in [1.165, 1.54) is 11.1 Å². The van der Waals surface area contributed by atoms with Gasteiger partial charge in [0.2, 0.25) is 5.91 Å². The lowest BCUT2D eigenvalue weighted by Crippen LogP contribution is -2.42. The van der Waals surface area contributed by atoms with Crippen molar-refractivity contribution in [3.05, 3.63) is 29.3 Å². The van der Waals surface area contributed by atoms with E-state index in [0.717, 1.165) is 57.2 Å². The monoisotopic (exact) mass is 302 g/mol.